The minimum Gasteiger partial charge on any atom is -0.335 e. The minimum atomic E-state index is -0.117. The lowest BCUT2D eigenvalue weighted by atomic mass is 9.96. The van der Waals surface area contributed by atoms with Gasteiger partial charge < -0.3 is 10.6 Å². The van der Waals surface area contributed by atoms with Crippen LogP contribution in [0, 0.1) is 11.3 Å². The molecule has 0 unspecified atom stereocenters. The maximum atomic E-state index is 11.6. The lowest BCUT2D eigenvalue weighted by Crippen LogP contribution is -2.46. The van der Waals surface area contributed by atoms with Crippen LogP contribution < -0.4 is 10.6 Å². The lowest BCUT2D eigenvalue weighted by Gasteiger charge is -2.24. The van der Waals surface area contributed by atoms with E-state index in [1.807, 2.05) is 6.92 Å². The van der Waals surface area contributed by atoms with Crippen LogP contribution in [-0.4, -0.2) is 18.1 Å². The van der Waals surface area contributed by atoms with Crippen molar-refractivity contribution in [2.75, 3.05) is 0 Å². The molecule has 0 bridgehead atoms. The Hall–Kier alpha value is -1.24. The zero-order valence-electron chi connectivity index (χ0n) is 9.96. The molecule has 0 saturated heterocycles. The molecule has 1 rings (SSSR count). The molecule has 1 aliphatic carbocycles. The van der Waals surface area contributed by atoms with Crippen LogP contribution in [0.15, 0.2) is 0 Å². The van der Waals surface area contributed by atoms with E-state index in [-0.39, 0.29) is 12.1 Å². The lowest BCUT2D eigenvalue weighted by molar-refractivity contribution is 0.228. The van der Waals surface area contributed by atoms with Crippen LogP contribution in [0.2, 0.25) is 0 Å². The van der Waals surface area contributed by atoms with Gasteiger partial charge in [0.25, 0.3) is 0 Å². The maximum Gasteiger partial charge on any atom is 0.315 e. The summed E-state index contributed by atoms with van der Waals surface area (Å²) in [5.41, 5.74) is 0. The first-order chi connectivity index (χ1) is 7.76. The molecule has 0 aliphatic heterocycles. The van der Waals surface area contributed by atoms with Crippen molar-refractivity contribution < 1.29 is 4.79 Å². The largest absolute Gasteiger partial charge is 0.335 e. The Morgan fingerprint density at radius 1 is 1.44 bits per heavy atom. The average molecular weight is 223 g/mol. The number of nitrogens with zero attached hydrogens (tertiary/aromatic N) is 1. The van der Waals surface area contributed by atoms with Crippen LogP contribution in [0.3, 0.4) is 0 Å². The van der Waals surface area contributed by atoms with E-state index >= 15 is 0 Å². The molecule has 0 aromatic carbocycles. The van der Waals surface area contributed by atoms with E-state index in [0.29, 0.717) is 12.5 Å². The molecule has 2 N–H and O–H groups in total. The summed E-state index contributed by atoms with van der Waals surface area (Å²) >= 11 is 0. The van der Waals surface area contributed by atoms with Crippen molar-refractivity contribution in [1.82, 2.24) is 10.6 Å². The summed E-state index contributed by atoms with van der Waals surface area (Å²) in [5, 5.41) is 14.4. The highest BCUT2D eigenvalue weighted by molar-refractivity contribution is 5.74. The van der Waals surface area contributed by atoms with Gasteiger partial charge in [0.2, 0.25) is 0 Å². The molecule has 2 amide bonds. The van der Waals surface area contributed by atoms with Crippen molar-refractivity contribution in [3.05, 3.63) is 0 Å². The van der Waals surface area contributed by atoms with Gasteiger partial charge in [-0.15, -0.1) is 0 Å². The van der Waals surface area contributed by atoms with Crippen LogP contribution in [0.1, 0.15) is 51.9 Å². The number of carbonyl (C=O) groups excluding carboxylic acids is 1. The van der Waals surface area contributed by atoms with E-state index < -0.39 is 0 Å². The first-order valence-electron chi connectivity index (χ1n) is 6.20. The Balaban J connectivity index is 2.25. The third-order valence-electron chi connectivity index (χ3n) is 3.11. The van der Waals surface area contributed by atoms with Crippen molar-refractivity contribution in [2.45, 2.75) is 64.0 Å². The number of carbonyl (C=O) groups is 1. The van der Waals surface area contributed by atoms with E-state index in [1.165, 1.54) is 19.3 Å². The monoisotopic (exact) mass is 223 g/mol. The number of rotatable bonds is 4. The van der Waals surface area contributed by atoms with E-state index in [0.717, 1.165) is 19.3 Å². The Bertz CT molecular complexity index is 253. The number of nitriles is 1. The second kappa shape index (κ2) is 7.10. The average Bonchev–Trinajstić information content (AvgIpc) is 2.29. The predicted molar refractivity (Wildman–Crippen MR) is 62.8 cm³/mol. The second-order valence-electron chi connectivity index (χ2n) is 4.42. The zero-order valence-corrected chi connectivity index (χ0v) is 9.96. The summed E-state index contributed by atoms with van der Waals surface area (Å²) in [4.78, 5) is 11.6. The molecule has 0 aromatic rings. The molecule has 1 fully saturated rings. The molecule has 1 aliphatic rings. The summed E-state index contributed by atoms with van der Waals surface area (Å²) in [7, 11) is 0. The van der Waals surface area contributed by atoms with Crippen molar-refractivity contribution in [2.24, 2.45) is 0 Å². The molecule has 0 spiro atoms. The fourth-order valence-corrected chi connectivity index (χ4v) is 2.07. The molecular weight excluding hydrogens is 202 g/mol. The number of urea groups is 1. The van der Waals surface area contributed by atoms with Gasteiger partial charge in [-0.1, -0.05) is 26.2 Å². The number of nitrogens with one attached hydrogen (secondary N) is 2. The standard InChI is InChI=1S/C12H21N3O/c1-2-10(8-9-13)14-12(16)15-11-6-4-3-5-7-11/h10-11H,2-8H2,1H3,(H2,14,15,16)/t10-/m0/s1. The highest BCUT2D eigenvalue weighted by atomic mass is 16.2. The van der Waals surface area contributed by atoms with Crippen LogP contribution >= 0.6 is 0 Å². The quantitative estimate of drug-likeness (QED) is 0.768. The van der Waals surface area contributed by atoms with Gasteiger partial charge >= 0.3 is 6.03 Å². The Kier molecular flexibility index (Phi) is 5.69. The van der Waals surface area contributed by atoms with E-state index in [1.54, 1.807) is 0 Å². The minimum absolute atomic E-state index is 0.0198. The zero-order chi connectivity index (χ0) is 11.8. The van der Waals surface area contributed by atoms with Gasteiger partial charge in [-0.2, -0.15) is 5.26 Å². The summed E-state index contributed by atoms with van der Waals surface area (Å²) in [6, 6.07) is 2.28. The Morgan fingerprint density at radius 2 is 2.12 bits per heavy atom. The number of hydrogen-bond acceptors (Lipinski definition) is 2. The normalized spacial score (nSPS) is 18.5. The first kappa shape index (κ1) is 12.8. The second-order valence-corrected chi connectivity index (χ2v) is 4.42. The van der Waals surface area contributed by atoms with Gasteiger partial charge in [-0.3, -0.25) is 0 Å². The van der Waals surface area contributed by atoms with E-state index in [2.05, 4.69) is 16.7 Å². The van der Waals surface area contributed by atoms with Crippen LogP contribution in [0.25, 0.3) is 0 Å². The smallest absolute Gasteiger partial charge is 0.315 e. The third kappa shape index (κ3) is 4.52. The van der Waals surface area contributed by atoms with Gasteiger partial charge in [-0.05, 0) is 19.3 Å². The Labute approximate surface area is 97.4 Å². The van der Waals surface area contributed by atoms with Crippen LogP contribution in [-0.2, 0) is 0 Å². The first-order valence-corrected chi connectivity index (χ1v) is 6.20. The topological polar surface area (TPSA) is 64.9 Å². The van der Waals surface area contributed by atoms with Gasteiger partial charge in [0.15, 0.2) is 0 Å². The highest BCUT2D eigenvalue weighted by Gasteiger charge is 2.17. The van der Waals surface area contributed by atoms with Crippen molar-refractivity contribution in [1.29, 1.82) is 5.26 Å². The summed E-state index contributed by atoms with van der Waals surface area (Å²) < 4.78 is 0. The van der Waals surface area contributed by atoms with E-state index in [4.69, 9.17) is 5.26 Å². The molecular formula is C12H21N3O. The summed E-state index contributed by atoms with van der Waals surface area (Å²) in [6.07, 6.45) is 7.05. The molecule has 1 saturated carbocycles. The molecule has 1 atom stereocenters. The Morgan fingerprint density at radius 3 is 2.69 bits per heavy atom. The molecule has 4 nitrogen and oxygen atoms in total. The molecule has 90 valence electrons. The molecule has 0 aromatic heterocycles. The third-order valence-corrected chi connectivity index (χ3v) is 3.11. The van der Waals surface area contributed by atoms with Crippen LogP contribution in [0.5, 0.6) is 0 Å². The fourth-order valence-electron chi connectivity index (χ4n) is 2.07. The SMILES string of the molecule is CC[C@@H](CC#N)NC(=O)NC1CCCCC1. The fraction of sp³-hybridized carbons (Fsp3) is 0.833. The highest BCUT2D eigenvalue weighted by Crippen LogP contribution is 2.17. The molecule has 0 radical (unpaired) electrons. The van der Waals surface area contributed by atoms with Gasteiger partial charge in [0, 0.05) is 12.1 Å². The number of hydrogen-bond donors (Lipinski definition) is 2. The summed E-state index contributed by atoms with van der Waals surface area (Å²) in [6.45, 7) is 1.98. The van der Waals surface area contributed by atoms with Gasteiger partial charge in [0.1, 0.15) is 0 Å². The number of amides is 2. The van der Waals surface area contributed by atoms with Crippen LogP contribution in [0.4, 0.5) is 4.79 Å². The van der Waals surface area contributed by atoms with Crippen molar-refractivity contribution in [3.63, 3.8) is 0 Å². The van der Waals surface area contributed by atoms with Gasteiger partial charge in [-0.25, -0.2) is 4.79 Å². The van der Waals surface area contributed by atoms with Crippen molar-refractivity contribution >= 4 is 6.03 Å². The van der Waals surface area contributed by atoms with E-state index in [9.17, 15) is 4.79 Å². The van der Waals surface area contributed by atoms with Gasteiger partial charge in [0.05, 0.1) is 12.5 Å². The maximum absolute atomic E-state index is 11.6. The molecule has 4 heteroatoms. The van der Waals surface area contributed by atoms with Crippen molar-refractivity contribution in [3.8, 4) is 6.07 Å². The molecule has 16 heavy (non-hydrogen) atoms. The summed E-state index contributed by atoms with van der Waals surface area (Å²) in [5.74, 6) is 0. The predicted octanol–water partition coefficient (Wildman–Crippen LogP) is 2.31. The molecule has 0 heterocycles.